The van der Waals surface area contributed by atoms with E-state index in [1.165, 1.54) is 12.5 Å². The Hall–Kier alpha value is -3.79. The molecule has 4 aromatic heterocycles. The van der Waals surface area contributed by atoms with Gasteiger partial charge in [0.05, 0.1) is 12.3 Å². The molecule has 0 unspecified atom stereocenters. The minimum Gasteiger partial charge on any atom is -0.443 e. The van der Waals surface area contributed by atoms with Gasteiger partial charge in [0, 0.05) is 30.2 Å². The molecule has 10 nitrogen and oxygen atoms in total. The number of carbonyl (C=O) groups is 1. The van der Waals surface area contributed by atoms with Crippen LogP contribution in [0.4, 0.5) is 5.82 Å². The molecule has 4 rings (SSSR count). The number of carbonyl (C=O) groups excluding carboxylic acids is 1. The van der Waals surface area contributed by atoms with Crippen molar-refractivity contribution in [1.82, 2.24) is 29.7 Å². The van der Waals surface area contributed by atoms with Gasteiger partial charge in [-0.25, -0.2) is 19.9 Å². The maximum Gasteiger partial charge on any atom is 0.273 e. The number of aromatic nitrogens is 5. The minimum atomic E-state index is -0.703. The Balaban J connectivity index is 1.87. The number of oxazole rings is 1. The average molecular weight is 393 g/mol. The zero-order chi connectivity index (χ0) is 20.5. The van der Waals surface area contributed by atoms with E-state index in [0.717, 1.165) is 11.3 Å². The Morgan fingerprint density at radius 1 is 1.31 bits per heavy atom. The van der Waals surface area contributed by atoms with Crippen LogP contribution in [0.15, 0.2) is 41.4 Å². The van der Waals surface area contributed by atoms with Crippen LogP contribution < -0.4 is 11.1 Å². The molecule has 0 saturated heterocycles. The summed E-state index contributed by atoms with van der Waals surface area (Å²) in [6, 6.07) is 3.67. The third kappa shape index (κ3) is 3.52. The zero-order valence-electron chi connectivity index (χ0n) is 15.8. The van der Waals surface area contributed by atoms with Gasteiger partial charge in [0.2, 0.25) is 5.89 Å². The number of nitrogens with one attached hydrogen (secondary N) is 1. The molecule has 0 fully saturated rings. The highest BCUT2D eigenvalue weighted by Gasteiger charge is 2.22. The molecule has 0 saturated carbocycles. The number of nitrogen functional groups attached to an aromatic ring is 1. The maximum absolute atomic E-state index is 12.5. The molecular weight excluding hydrogens is 374 g/mol. The first-order valence-corrected chi connectivity index (χ1v) is 8.91. The predicted octanol–water partition coefficient (Wildman–Crippen LogP) is 1.45. The number of nitrogens with zero attached hydrogens (tertiary/aromatic N) is 5. The van der Waals surface area contributed by atoms with Crippen LogP contribution in [0, 0.1) is 6.92 Å². The number of aryl methyl sites for hydroxylation is 1. The van der Waals surface area contributed by atoms with E-state index in [1.54, 1.807) is 13.1 Å². The fourth-order valence-electron chi connectivity index (χ4n) is 2.87. The smallest absolute Gasteiger partial charge is 0.273 e. The molecule has 148 valence electrons. The number of anilines is 1. The number of aliphatic hydroxyl groups excluding tert-OH is 1. The van der Waals surface area contributed by atoms with Gasteiger partial charge in [0.1, 0.15) is 17.6 Å². The Morgan fingerprint density at radius 3 is 2.86 bits per heavy atom. The van der Waals surface area contributed by atoms with Crippen molar-refractivity contribution in [2.75, 3.05) is 12.3 Å². The summed E-state index contributed by atoms with van der Waals surface area (Å²) in [6.45, 7) is 3.56. The number of rotatable bonds is 5. The number of amides is 1. The van der Waals surface area contributed by atoms with Crippen molar-refractivity contribution in [2.45, 2.75) is 20.0 Å². The largest absolute Gasteiger partial charge is 0.443 e. The standard InChI is InChI=1S/C19H19N7O3/c1-10-7-22-13-4-3-12(9-26(10)13)14-15(19-21-5-6-29-19)25-17(20)16(24-14)18(28)23-8-11(2)27/h3-7,9,11,27H,8H2,1-2H3,(H2,20,25)(H,23,28)/t11-/m1/s1. The average Bonchev–Trinajstić information content (AvgIpc) is 3.36. The fraction of sp³-hybridized carbons (Fsp3) is 0.211. The summed E-state index contributed by atoms with van der Waals surface area (Å²) in [5.41, 5.74) is 9.07. The van der Waals surface area contributed by atoms with Crippen molar-refractivity contribution in [3.63, 3.8) is 0 Å². The van der Waals surface area contributed by atoms with Crippen LogP contribution >= 0.6 is 0 Å². The van der Waals surface area contributed by atoms with Gasteiger partial charge in [-0.15, -0.1) is 0 Å². The first kappa shape index (κ1) is 18.6. The van der Waals surface area contributed by atoms with Crippen molar-refractivity contribution >= 4 is 17.4 Å². The quantitative estimate of drug-likeness (QED) is 0.462. The monoisotopic (exact) mass is 393 g/mol. The van der Waals surface area contributed by atoms with E-state index in [-0.39, 0.29) is 23.9 Å². The molecular formula is C19H19N7O3. The van der Waals surface area contributed by atoms with E-state index in [9.17, 15) is 9.90 Å². The molecule has 0 aromatic carbocycles. The topological polar surface area (TPSA) is 144 Å². The van der Waals surface area contributed by atoms with Crippen LogP contribution in [-0.4, -0.2) is 48.0 Å². The minimum absolute atomic E-state index is 0.0431. The van der Waals surface area contributed by atoms with Crippen LogP contribution in [-0.2, 0) is 0 Å². The summed E-state index contributed by atoms with van der Waals surface area (Å²) in [4.78, 5) is 29.8. The Kier molecular flexibility index (Phi) is 4.69. The second kappa shape index (κ2) is 7.32. The molecule has 0 bridgehead atoms. The fourth-order valence-corrected chi connectivity index (χ4v) is 2.87. The number of aliphatic hydroxyl groups is 1. The van der Waals surface area contributed by atoms with Crippen molar-refractivity contribution in [1.29, 1.82) is 0 Å². The molecule has 0 aliphatic rings. The van der Waals surface area contributed by atoms with E-state index < -0.39 is 12.0 Å². The van der Waals surface area contributed by atoms with Gasteiger partial charge in [0.15, 0.2) is 17.2 Å². The predicted molar refractivity (Wildman–Crippen MR) is 105 cm³/mol. The number of pyridine rings is 1. The molecule has 1 atom stereocenters. The van der Waals surface area contributed by atoms with Crippen molar-refractivity contribution in [3.8, 4) is 22.8 Å². The first-order valence-electron chi connectivity index (χ1n) is 8.91. The van der Waals surface area contributed by atoms with Gasteiger partial charge >= 0.3 is 0 Å². The number of hydrogen-bond donors (Lipinski definition) is 3. The van der Waals surface area contributed by atoms with Gasteiger partial charge in [-0.05, 0) is 26.0 Å². The first-order chi connectivity index (χ1) is 13.9. The van der Waals surface area contributed by atoms with Crippen molar-refractivity contribution < 1.29 is 14.3 Å². The Morgan fingerprint density at radius 2 is 2.14 bits per heavy atom. The Bertz CT molecular complexity index is 1180. The van der Waals surface area contributed by atoms with Crippen LogP contribution in [0.1, 0.15) is 23.1 Å². The van der Waals surface area contributed by atoms with Gasteiger partial charge in [-0.1, -0.05) is 0 Å². The number of nitrogens with two attached hydrogens (primary N) is 1. The lowest BCUT2D eigenvalue weighted by atomic mass is 10.1. The van der Waals surface area contributed by atoms with Gasteiger partial charge in [0.25, 0.3) is 5.91 Å². The summed E-state index contributed by atoms with van der Waals surface area (Å²) in [7, 11) is 0. The third-order valence-electron chi connectivity index (χ3n) is 4.29. The van der Waals surface area contributed by atoms with Crippen molar-refractivity contribution in [3.05, 3.63) is 48.4 Å². The van der Waals surface area contributed by atoms with Crippen LogP contribution in [0.25, 0.3) is 28.5 Å². The van der Waals surface area contributed by atoms with E-state index in [4.69, 9.17) is 10.2 Å². The molecule has 0 radical (unpaired) electrons. The highest BCUT2D eigenvalue weighted by Crippen LogP contribution is 2.30. The third-order valence-corrected chi connectivity index (χ3v) is 4.29. The van der Waals surface area contributed by atoms with Gasteiger partial charge in [-0.2, -0.15) is 0 Å². The Labute approximate surface area is 165 Å². The summed E-state index contributed by atoms with van der Waals surface area (Å²) in [5.74, 6) is -0.362. The molecule has 29 heavy (non-hydrogen) atoms. The maximum atomic E-state index is 12.5. The summed E-state index contributed by atoms with van der Waals surface area (Å²) in [6.07, 6.45) is 5.82. The second-order valence-electron chi connectivity index (χ2n) is 6.60. The zero-order valence-corrected chi connectivity index (χ0v) is 15.8. The van der Waals surface area contributed by atoms with E-state index >= 15 is 0 Å². The van der Waals surface area contributed by atoms with Gasteiger partial charge < -0.3 is 25.0 Å². The van der Waals surface area contributed by atoms with E-state index in [2.05, 4.69) is 25.3 Å². The van der Waals surface area contributed by atoms with Crippen LogP contribution in [0.5, 0.6) is 0 Å². The highest BCUT2D eigenvalue weighted by atomic mass is 16.3. The van der Waals surface area contributed by atoms with E-state index in [1.807, 2.05) is 29.7 Å². The lowest BCUT2D eigenvalue weighted by Crippen LogP contribution is -2.32. The molecule has 10 heteroatoms. The SMILES string of the molecule is Cc1cnc2ccc(-c3nc(C(=O)NC[C@@H](C)O)c(N)nc3-c3ncco3)cn12. The normalized spacial score (nSPS) is 12.2. The van der Waals surface area contributed by atoms with Crippen LogP contribution in [0.2, 0.25) is 0 Å². The number of fused-ring (bicyclic) bond motifs is 1. The highest BCUT2D eigenvalue weighted by molar-refractivity contribution is 5.97. The van der Waals surface area contributed by atoms with Crippen molar-refractivity contribution in [2.24, 2.45) is 0 Å². The number of hydrogen-bond acceptors (Lipinski definition) is 8. The molecule has 0 spiro atoms. The van der Waals surface area contributed by atoms with Crippen LogP contribution in [0.3, 0.4) is 0 Å². The molecule has 0 aliphatic carbocycles. The molecule has 4 N–H and O–H groups in total. The summed E-state index contributed by atoms with van der Waals surface area (Å²) in [5, 5.41) is 12.0. The van der Waals surface area contributed by atoms with Gasteiger partial charge in [-0.3, -0.25) is 4.79 Å². The summed E-state index contributed by atoms with van der Waals surface area (Å²) < 4.78 is 7.29. The number of imidazole rings is 1. The lowest BCUT2D eigenvalue weighted by Gasteiger charge is -2.12. The van der Waals surface area contributed by atoms with E-state index in [0.29, 0.717) is 17.0 Å². The molecule has 1 amide bonds. The lowest BCUT2D eigenvalue weighted by molar-refractivity contribution is 0.0920. The molecule has 4 heterocycles. The molecule has 4 aromatic rings. The summed E-state index contributed by atoms with van der Waals surface area (Å²) >= 11 is 0. The second-order valence-corrected chi connectivity index (χ2v) is 6.60. The molecule has 0 aliphatic heterocycles.